The maximum absolute atomic E-state index is 12.0. The first-order chi connectivity index (χ1) is 9.88. The van der Waals surface area contributed by atoms with Crippen LogP contribution < -0.4 is 5.32 Å². The van der Waals surface area contributed by atoms with Crippen molar-refractivity contribution in [2.45, 2.75) is 20.4 Å². The van der Waals surface area contributed by atoms with Crippen molar-refractivity contribution in [3.05, 3.63) is 60.3 Å². The van der Waals surface area contributed by atoms with Crippen LogP contribution in [0.25, 0.3) is 0 Å². The van der Waals surface area contributed by atoms with Crippen LogP contribution in [0, 0.1) is 24.0 Å². The van der Waals surface area contributed by atoms with E-state index in [1.54, 1.807) is 11.3 Å². The highest BCUT2D eigenvalue weighted by atomic mass is 35.5. The van der Waals surface area contributed by atoms with E-state index in [2.05, 4.69) is 5.32 Å². The zero-order valence-corrected chi connectivity index (χ0v) is 13.0. The molecule has 7 heteroatoms. The van der Waals surface area contributed by atoms with Gasteiger partial charge in [0.05, 0.1) is 11.5 Å². The van der Waals surface area contributed by atoms with Crippen LogP contribution in [-0.4, -0.2) is 10.8 Å². The summed E-state index contributed by atoms with van der Waals surface area (Å²) in [6, 6.07) is 5.96. The second-order valence-corrected chi connectivity index (χ2v) is 6.31. The second kappa shape index (κ2) is 6.24. The van der Waals surface area contributed by atoms with Crippen LogP contribution in [0.5, 0.6) is 0 Å². The molecule has 1 N–H and O–H groups in total. The Bertz CT molecular complexity index is 693. The summed E-state index contributed by atoms with van der Waals surface area (Å²) in [4.78, 5) is 24.4. The second-order valence-electron chi connectivity index (χ2n) is 4.56. The number of hydrogen-bond acceptors (Lipinski definition) is 4. The molecule has 0 aliphatic heterocycles. The number of benzene rings is 1. The molecule has 0 aliphatic carbocycles. The van der Waals surface area contributed by atoms with Gasteiger partial charge in [-0.1, -0.05) is 11.6 Å². The molecule has 2 rings (SSSR count). The van der Waals surface area contributed by atoms with E-state index in [4.69, 9.17) is 11.6 Å². The van der Waals surface area contributed by atoms with Gasteiger partial charge in [-0.3, -0.25) is 14.9 Å². The summed E-state index contributed by atoms with van der Waals surface area (Å²) < 4.78 is 0. The fourth-order valence-corrected chi connectivity index (χ4v) is 3.05. The first kappa shape index (κ1) is 15.5. The fraction of sp³-hybridized carbons (Fsp3) is 0.214. The van der Waals surface area contributed by atoms with E-state index in [9.17, 15) is 14.9 Å². The molecule has 0 bridgehead atoms. The highest BCUT2D eigenvalue weighted by molar-refractivity contribution is 7.12. The number of amides is 1. The Labute approximate surface area is 130 Å². The number of nitrogens with one attached hydrogen (secondary N) is 1. The molecule has 110 valence electrons. The van der Waals surface area contributed by atoms with E-state index in [-0.39, 0.29) is 16.6 Å². The summed E-state index contributed by atoms with van der Waals surface area (Å²) in [7, 11) is 0. The first-order valence-corrected chi connectivity index (χ1v) is 7.36. The van der Waals surface area contributed by atoms with Crippen LogP contribution in [0.1, 0.15) is 25.7 Å². The Hall–Kier alpha value is -1.92. The standard InChI is InChI=1S/C14H13ClN2O3S/c1-8-5-11(21-9(8)2)7-16-14(18)10-3-4-13(17(19)20)12(15)6-10/h3-6H,7H2,1-2H3,(H,16,18). The Morgan fingerprint density at radius 2 is 2.10 bits per heavy atom. The molecular formula is C14H13ClN2O3S. The van der Waals surface area contributed by atoms with Crippen molar-refractivity contribution >= 4 is 34.5 Å². The van der Waals surface area contributed by atoms with Gasteiger partial charge in [-0.05, 0) is 37.6 Å². The van der Waals surface area contributed by atoms with Gasteiger partial charge in [0.1, 0.15) is 5.02 Å². The van der Waals surface area contributed by atoms with E-state index in [0.29, 0.717) is 12.1 Å². The van der Waals surface area contributed by atoms with Gasteiger partial charge >= 0.3 is 0 Å². The van der Waals surface area contributed by atoms with Crippen LogP contribution in [-0.2, 0) is 6.54 Å². The normalized spacial score (nSPS) is 10.4. The molecule has 21 heavy (non-hydrogen) atoms. The van der Waals surface area contributed by atoms with Crippen molar-refractivity contribution in [1.29, 1.82) is 0 Å². The van der Waals surface area contributed by atoms with Gasteiger partial charge in [0.15, 0.2) is 0 Å². The summed E-state index contributed by atoms with van der Waals surface area (Å²) >= 11 is 7.42. The van der Waals surface area contributed by atoms with Crippen molar-refractivity contribution in [2.24, 2.45) is 0 Å². The van der Waals surface area contributed by atoms with Crippen molar-refractivity contribution in [3.8, 4) is 0 Å². The minimum Gasteiger partial charge on any atom is -0.347 e. The molecule has 0 fully saturated rings. The lowest BCUT2D eigenvalue weighted by molar-refractivity contribution is -0.384. The first-order valence-electron chi connectivity index (χ1n) is 6.16. The molecule has 2 aromatic rings. The molecule has 0 saturated carbocycles. The number of carbonyl (C=O) groups is 1. The van der Waals surface area contributed by atoms with Crippen LogP contribution in [0.15, 0.2) is 24.3 Å². The van der Waals surface area contributed by atoms with Crippen molar-refractivity contribution in [1.82, 2.24) is 5.32 Å². The molecule has 1 amide bonds. The number of thiophene rings is 1. The van der Waals surface area contributed by atoms with Crippen molar-refractivity contribution in [2.75, 3.05) is 0 Å². The number of carbonyl (C=O) groups excluding carboxylic acids is 1. The molecule has 1 aromatic heterocycles. The zero-order valence-electron chi connectivity index (χ0n) is 11.5. The van der Waals surface area contributed by atoms with Crippen LogP contribution >= 0.6 is 22.9 Å². The predicted octanol–water partition coefficient (Wildman–Crippen LogP) is 3.86. The van der Waals surface area contributed by atoms with Crippen LogP contribution in [0.3, 0.4) is 0 Å². The summed E-state index contributed by atoms with van der Waals surface area (Å²) in [5, 5.41) is 13.4. The van der Waals surface area contributed by atoms with E-state index >= 15 is 0 Å². The highest BCUT2D eigenvalue weighted by Gasteiger charge is 2.15. The van der Waals surface area contributed by atoms with Crippen molar-refractivity contribution in [3.63, 3.8) is 0 Å². The Balaban J connectivity index is 2.06. The lowest BCUT2D eigenvalue weighted by Crippen LogP contribution is -2.22. The molecule has 5 nitrogen and oxygen atoms in total. The van der Waals surface area contributed by atoms with Crippen molar-refractivity contribution < 1.29 is 9.72 Å². The minimum absolute atomic E-state index is 0.0459. The largest absolute Gasteiger partial charge is 0.347 e. The molecule has 0 aliphatic rings. The third kappa shape index (κ3) is 3.59. The summed E-state index contributed by atoms with van der Waals surface area (Å²) in [6.45, 7) is 4.47. The maximum atomic E-state index is 12.0. The van der Waals surface area contributed by atoms with Gasteiger partial charge in [0, 0.05) is 21.4 Å². The molecule has 1 heterocycles. The van der Waals surface area contributed by atoms with E-state index < -0.39 is 4.92 Å². The molecular weight excluding hydrogens is 312 g/mol. The van der Waals surface area contributed by atoms with E-state index in [1.165, 1.54) is 28.6 Å². The van der Waals surface area contributed by atoms with Gasteiger partial charge in [0.25, 0.3) is 11.6 Å². The average molecular weight is 325 g/mol. The third-order valence-electron chi connectivity index (χ3n) is 3.05. The maximum Gasteiger partial charge on any atom is 0.287 e. The van der Waals surface area contributed by atoms with Gasteiger partial charge < -0.3 is 5.32 Å². The quantitative estimate of drug-likeness (QED) is 0.685. The summed E-state index contributed by atoms with van der Waals surface area (Å²) in [6.07, 6.45) is 0. The number of rotatable bonds is 4. The van der Waals surface area contributed by atoms with Gasteiger partial charge in [-0.25, -0.2) is 0 Å². The number of nitro groups is 1. The molecule has 0 radical (unpaired) electrons. The molecule has 0 atom stereocenters. The molecule has 0 saturated heterocycles. The number of nitrogens with zero attached hydrogens (tertiary/aromatic N) is 1. The zero-order chi connectivity index (χ0) is 15.6. The molecule has 0 unspecified atom stereocenters. The van der Waals surface area contributed by atoms with E-state index in [0.717, 1.165) is 4.88 Å². The van der Waals surface area contributed by atoms with Crippen LogP contribution in [0.2, 0.25) is 5.02 Å². The fourth-order valence-electron chi connectivity index (χ4n) is 1.80. The van der Waals surface area contributed by atoms with Gasteiger partial charge in [-0.15, -0.1) is 11.3 Å². The van der Waals surface area contributed by atoms with Gasteiger partial charge in [0.2, 0.25) is 0 Å². The summed E-state index contributed by atoms with van der Waals surface area (Å²) in [5.41, 5.74) is 1.29. The Kier molecular flexibility index (Phi) is 4.59. The molecule has 0 spiro atoms. The third-order valence-corrected chi connectivity index (χ3v) is 4.50. The highest BCUT2D eigenvalue weighted by Crippen LogP contribution is 2.25. The Morgan fingerprint density at radius 3 is 2.62 bits per heavy atom. The Morgan fingerprint density at radius 1 is 1.38 bits per heavy atom. The SMILES string of the molecule is Cc1cc(CNC(=O)c2ccc([N+](=O)[O-])c(Cl)c2)sc1C. The molecule has 1 aromatic carbocycles. The van der Waals surface area contributed by atoms with Crippen LogP contribution in [0.4, 0.5) is 5.69 Å². The van der Waals surface area contributed by atoms with E-state index in [1.807, 2.05) is 19.9 Å². The minimum atomic E-state index is -0.582. The lowest BCUT2D eigenvalue weighted by atomic mass is 10.2. The number of hydrogen-bond donors (Lipinski definition) is 1. The lowest BCUT2D eigenvalue weighted by Gasteiger charge is -2.04. The smallest absolute Gasteiger partial charge is 0.287 e. The average Bonchev–Trinajstić information content (AvgIpc) is 2.74. The van der Waals surface area contributed by atoms with Gasteiger partial charge in [-0.2, -0.15) is 0 Å². The number of aryl methyl sites for hydroxylation is 2. The number of nitro benzene ring substituents is 1. The topological polar surface area (TPSA) is 72.2 Å². The summed E-state index contributed by atoms with van der Waals surface area (Å²) in [5.74, 6) is -0.310. The number of halogens is 1. The monoisotopic (exact) mass is 324 g/mol. The predicted molar refractivity (Wildman–Crippen MR) is 83.1 cm³/mol.